The number of allylic oxidation sites excluding steroid dienone is 9. The fraction of sp³-hybridized carbons (Fsp3) is 0.761. The van der Waals surface area contributed by atoms with Crippen LogP contribution in [0.4, 0.5) is 0 Å². The van der Waals surface area contributed by atoms with Crippen molar-refractivity contribution in [2.75, 3.05) is 19.8 Å². The molecule has 9 N–H and O–H groups in total. The number of hydrogen-bond donors (Lipinski definition) is 9. The molecule has 2 aliphatic heterocycles. The topological polar surface area (TPSA) is 228 Å². The summed E-state index contributed by atoms with van der Waals surface area (Å²) in [5, 5.41) is 86.3. The first-order valence-corrected chi connectivity index (χ1v) is 22.5. The van der Waals surface area contributed by atoms with Crippen molar-refractivity contribution in [3.63, 3.8) is 0 Å². The molecule has 0 aromatic rings. The van der Waals surface area contributed by atoms with E-state index in [1.807, 2.05) is 19.1 Å². The third-order valence-electron chi connectivity index (χ3n) is 10.7. The van der Waals surface area contributed by atoms with Crippen LogP contribution in [-0.4, -0.2) is 140 Å². The van der Waals surface area contributed by atoms with Crippen molar-refractivity contribution in [2.24, 2.45) is 0 Å². The predicted molar refractivity (Wildman–Crippen MR) is 230 cm³/mol. The molecule has 1 amide bonds. The number of ether oxygens (including phenoxy) is 4. The number of nitrogens with one attached hydrogen (secondary N) is 1. The fourth-order valence-corrected chi connectivity index (χ4v) is 7.00. The van der Waals surface area contributed by atoms with Gasteiger partial charge in [0.05, 0.1) is 32.0 Å². The molecule has 2 heterocycles. The van der Waals surface area contributed by atoms with Crippen LogP contribution in [0.2, 0.25) is 0 Å². The van der Waals surface area contributed by atoms with Gasteiger partial charge in [-0.05, 0) is 71.1 Å². The number of carbonyl (C=O) groups excluding carboxylic acids is 1. The maximum atomic E-state index is 13.1. The maximum Gasteiger partial charge on any atom is 0.220 e. The largest absolute Gasteiger partial charge is 0.394 e. The van der Waals surface area contributed by atoms with E-state index >= 15 is 0 Å². The second-order valence-corrected chi connectivity index (χ2v) is 15.8. The highest BCUT2D eigenvalue weighted by Crippen LogP contribution is 2.30. The van der Waals surface area contributed by atoms with Crippen molar-refractivity contribution in [1.82, 2.24) is 5.32 Å². The van der Waals surface area contributed by atoms with Crippen LogP contribution < -0.4 is 5.32 Å². The Labute approximate surface area is 358 Å². The quantitative estimate of drug-likeness (QED) is 0.0340. The predicted octanol–water partition coefficient (Wildman–Crippen LogP) is 4.32. The molecule has 0 aliphatic carbocycles. The molecule has 0 aromatic heterocycles. The van der Waals surface area contributed by atoms with Gasteiger partial charge in [0.2, 0.25) is 5.91 Å². The van der Waals surface area contributed by atoms with Gasteiger partial charge in [0.15, 0.2) is 12.6 Å². The van der Waals surface area contributed by atoms with E-state index in [2.05, 4.69) is 54.8 Å². The van der Waals surface area contributed by atoms with Gasteiger partial charge >= 0.3 is 0 Å². The summed E-state index contributed by atoms with van der Waals surface area (Å²) in [6.07, 6.45) is 21.6. The molecule has 0 spiro atoms. The molecular weight excluding hydrogens is 774 g/mol. The number of amides is 1. The van der Waals surface area contributed by atoms with Gasteiger partial charge < -0.3 is 65.1 Å². The van der Waals surface area contributed by atoms with E-state index in [0.29, 0.717) is 12.8 Å². The lowest BCUT2D eigenvalue weighted by Crippen LogP contribution is -2.65. The summed E-state index contributed by atoms with van der Waals surface area (Å²) in [5.74, 6) is -0.269. The molecule has 0 radical (unpaired) electrons. The lowest BCUT2D eigenvalue weighted by molar-refractivity contribution is -0.359. The van der Waals surface area contributed by atoms with Crippen molar-refractivity contribution in [1.29, 1.82) is 0 Å². The van der Waals surface area contributed by atoms with Gasteiger partial charge in [0.25, 0.3) is 0 Å². The molecule has 14 heteroatoms. The average molecular weight is 854 g/mol. The molecule has 2 fully saturated rings. The van der Waals surface area contributed by atoms with Crippen LogP contribution >= 0.6 is 0 Å². The van der Waals surface area contributed by atoms with Crippen LogP contribution in [0.5, 0.6) is 0 Å². The van der Waals surface area contributed by atoms with Crippen LogP contribution in [0.15, 0.2) is 60.8 Å². The maximum absolute atomic E-state index is 13.1. The summed E-state index contributed by atoms with van der Waals surface area (Å²) in [6, 6.07) is -0.940. The summed E-state index contributed by atoms with van der Waals surface area (Å²) >= 11 is 0. The molecule has 12 atom stereocenters. The lowest BCUT2D eigenvalue weighted by atomic mass is 9.97. The van der Waals surface area contributed by atoms with E-state index in [0.717, 1.165) is 57.8 Å². The van der Waals surface area contributed by atoms with E-state index in [9.17, 15) is 45.6 Å². The van der Waals surface area contributed by atoms with Crippen molar-refractivity contribution in [2.45, 2.75) is 203 Å². The minimum Gasteiger partial charge on any atom is -0.394 e. The number of unbranched alkanes of at least 4 members (excludes halogenated alkanes) is 12. The Morgan fingerprint density at radius 1 is 0.633 bits per heavy atom. The van der Waals surface area contributed by atoms with Gasteiger partial charge in [-0.25, -0.2) is 0 Å². The van der Waals surface area contributed by atoms with Crippen LogP contribution in [0.1, 0.15) is 129 Å². The minimum absolute atomic E-state index is 0.258. The molecule has 60 heavy (non-hydrogen) atoms. The second kappa shape index (κ2) is 33.3. The van der Waals surface area contributed by atoms with Crippen LogP contribution in [0.3, 0.4) is 0 Å². The van der Waals surface area contributed by atoms with Crippen molar-refractivity contribution >= 4 is 5.91 Å². The highest BCUT2D eigenvalue weighted by molar-refractivity contribution is 5.76. The van der Waals surface area contributed by atoms with Gasteiger partial charge in [-0.15, -0.1) is 0 Å². The van der Waals surface area contributed by atoms with Crippen LogP contribution in [0.25, 0.3) is 0 Å². The Balaban J connectivity index is 1.88. The molecule has 12 unspecified atom stereocenters. The number of aliphatic hydroxyl groups excluding tert-OH is 8. The molecule has 2 aliphatic rings. The highest BCUT2D eigenvalue weighted by atomic mass is 16.7. The van der Waals surface area contributed by atoms with Crippen molar-refractivity contribution < 1.29 is 64.6 Å². The zero-order chi connectivity index (χ0) is 44.0. The number of hydrogen-bond acceptors (Lipinski definition) is 13. The van der Waals surface area contributed by atoms with Gasteiger partial charge in [-0.2, -0.15) is 0 Å². The average Bonchev–Trinajstić information content (AvgIpc) is 3.24. The molecular formula is C46H79NO13. The molecule has 0 saturated carbocycles. The fourth-order valence-electron chi connectivity index (χ4n) is 7.00. The van der Waals surface area contributed by atoms with Gasteiger partial charge in [-0.3, -0.25) is 4.79 Å². The molecule has 0 bridgehead atoms. The van der Waals surface area contributed by atoms with Crippen molar-refractivity contribution in [3.05, 3.63) is 60.8 Å². The van der Waals surface area contributed by atoms with Crippen LogP contribution in [0, 0.1) is 0 Å². The Kier molecular flexibility index (Phi) is 29.9. The van der Waals surface area contributed by atoms with E-state index in [1.54, 1.807) is 6.08 Å². The summed E-state index contributed by atoms with van der Waals surface area (Å²) < 4.78 is 22.5. The minimum atomic E-state index is -1.79. The Bertz CT molecular complexity index is 1240. The first kappa shape index (κ1) is 53.8. The Hall–Kier alpha value is -2.31. The molecule has 0 aromatic carbocycles. The van der Waals surface area contributed by atoms with E-state index in [1.165, 1.54) is 38.5 Å². The molecule has 2 saturated heterocycles. The molecule has 2 rings (SSSR count). The van der Waals surface area contributed by atoms with Crippen molar-refractivity contribution in [3.8, 4) is 0 Å². The number of aliphatic hydroxyl groups is 8. The zero-order valence-corrected chi connectivity index (χ0v) is 36.2. The normalized spacial score (nSPS) is 28.8. The highest BCUT2D eigenvalue weighted by Gasteiger charge is 2.50. The summed E-state index contributed by atoms with van der Waals surface area (Å²) in [7, 11) is 0. The first-order chi connectivity index (χ1) is 29.1. The summed E-state index contributed by atoms with van der Waals surface area (Å²) in [4.78, 5) is 13.1. The number of rotatable bonds is 32. The second-order valence-electron chi connectivity index (χ2n) is 15.8. The molecule has 346 valence electrons. The monoisotopic (exact) mass is 854 g/mol. The van der Waals surface area contributed by atoms with Crippen LogP contribution in [-0.2, 0) is 23.7 Å². The zero-order valence-electron chi connectivity index (χ0n) is 36.2. The first-order valence-electron chi connectivity index (χ1n) is 22.5. The Morgan fingerprint density at radius 2 is 1.18 bits per heavy atom. The smallest absolute Gasteiger partial charge is 0.220 e. The molecule has 14 nitrogen and oxygen atoms in total. The summed E-state index contributed by atoms with van der Waals surface area (Å²) in [5.41, 5.74) is 0. The van der Waals surface area contributed by atoms with Gasteiger partial charge in [0, 0.05) is 6.42 Å². The SMILES string of the molecule is C/C=C/CC/C=C/CC/C=C/C(O)C(COC1OC(CO)C(OC2OC(CO)C(O)C(O)C2O)C(O)C1O)NC(=O)CCCCCCCCC/C=C\C/C=C\CCCCC. The van der Waals surface area contributed by atoms with E-state index in [-0.39, 0.29) is 18.9 Å². The van der Waals surface area contributed by atoms with E-state index in [4.69, 9.17) is 18.9 Å². The Morgan fingerprint density at radius 3 is 1.82 bits per heavy atom. The number of carbonyl (C=O) groups is 1. The standard InChI is InChI=1S/C46H79NO13/c1-3-5-7-9-11-13-14-15-16-17-18-19-20-22-24-26-28-30-38(51)47-34(35(50)29-27-25-23-21-12-10-8-6-4-2)33-57-45-43(56)41(54)44(37(32-49)59-45)60-46-42(55)40(53)39(52)36(31-48)58-46/h4,6,11-13,15-16,21,27,29,34-37,39-46,48-50,52-56H,3,5,7-10,14,17-20,22-26,28,30-33H2,1-2H3,(H,47,51)/b6-4+,13-11-,16-15-,21-12+,29-27+. The third-order valence-corrected chi connectivity index (χ3v) is 10.7. The third kappa shape index (κ3) is 21.2. The van der Waals surface area contributed by atoms with Gasteiger partial charge in [0.1, 0.15) is 48.8 Å². The summed E-state index contributed by atoms with van der Waals surface area (Å²) in [6.45, 7) is 2.45. The van der Waals surface area contributed by atoms with E-state index < -0.39 is 86.8 Å². The lowest BCUT2D eigenvalue weighted by Gasteiger charge is -2.46. The van der Waals surface area contributed by atoms with Gasteiger partial charge in [-0.1, -0.05) is 113 Å².